The van der Waals surface area contributed by atoms with Gasteiger partial charge in [0.2, 0.25) is 6.41 Å². The van der Waals surface area contributed by atoms with Crippen molar-refractivity contribution in [2.45, 2.75) is 40.0 Å². The summed E-state index contributed by atoms with van der Waals surface area (Å²) in [5.41, 5.74) is 3.52. The Kier molecular flexibility index (Phi) is 3.30. The standard InChI is InChI=1S/C14H21NOS/c1-10-11(5-6-15(4)9-16)12-7-14(2,3)8-13(12)17-10/h9H,5-8H2,1-4H3. The van der Waals surface area contributed by atoms with Crippen molar-refractivity contribution in [2.24, 2.45) is 5.41 Å². The third-order valence-corrected chi connectivity index (χ3v) is 4.78. The van der Waals surface area contributed by atoms with E-state index in [1.165, 1.54) is 23.3 Å². The third kappa shape index (κ3) is 2.54. The molecule has 0 fully saturated rings. The molecule has 3 heteroatoms. The molecule has 1 aliphatic rings. The highest BCUT2D eigenvalue weighted by molar-refractivity contribution is 7.12. The molecule has 1 aromatic rings. The van der Waals surface area contributed by atoms with E-state index >= 15 is 0 Å². The van der Waals surface area contributed by atoms with E-state index < -0.39 is 0 Å². The lowest BCUT2D eigenvalue weighted by atomic mass is 9.89. The third-order valence-electron chi connectivity index (χ3n) is 3.59. The van der Waals surface area contributed by atoms with Gasteiger partial charge in [-0.25, -0.2) is 0 Å². The normalized spacial score (nSPS) is 16.9. The van der Waals surface area contributed by atoms with Gasteiger partial charge < -0.3 is 4.90 Å². The summed E-state index contributed by atoms with van der Waals surface area (Å²) >= 11 is 1.96. The molecule has 0 saturated heterocycles. The summed E-state index contributed by atoms with van der Waals surface area (Å²) in [4.78, 5) is 15.4. The Morgan fingerprint density at radius 3 is 2.76 bits per heavy atom. The molecular formula is C14H21NOS. The second-order valence-corrected chi connectivity index (χ2v) is 7.20. The summed E-state index contributed by atoms with van der Waals surface area (Å²) in [6, 6.07) is 0. The lowest BCUT2D eigenvalue weighted by Gasteiger charge is -2.17. The van der Waals surface area contributed by atoms with Gasteiger partial charge in [0, 0.05) is 23.3 Å². The van der Waals surface area contributed by atoms with Crippen LogP contribution in [-0.4, -0.2) is 24.9 Å². The van der Waals surface area contributed by atoms with E-state index in [4.69, 9.17) is 0 Å². The Bertz CT molecular complexity index is 434. The van der Waals surface area contributed by atoms with E-state index in [2.05, 4.69) is 20.8 Å². The van der Waals surface area contributed by atoms with Crippen LogP contribution in [0.25, 0.3) is 0 Å². The number of likely N-dealkylation sites (N-methyl/N-ethyl adjacent to an activating group) is 1. The maximum Gasteiger partial charge on any atom is 0.209 e. The summed E-state index contributed by atoms with van der Waals surface area (Å²) in [6.07, 6.45) is 4.33. The lowest BCUT2D eigenvalue weighted by Crippen LogP contribution is -2.19. The molecule has 94 valence electrons. The highest BCUT2D eigenvalue weighted by Crippen LogP contribution is 2.43. The number of carbonyl (C=O) groups is 1. The zero-order chi connectivity index (χ0) is 12.6. The smallest absolute Gasteiger partial charge is 0.209 e. The molecule has 0 saturated carbocycles. The minimum Gasteiger partial charge on any atom is -0.348 e. The largest absolute Gasteiger partial charge is 0.348 e. The van der Waals surface area contributed by atoms with Crippen LogP contribution in [-0.2, 0) is 24.1 Å². The van der Waals surface area contributed by atoms with E-state index in [0.29, 0.717) is 5.41 Å². The van der Waals surface area contributed by atoms with Crippen LogP contribution in [0.2, 0.25) is 0 Å². The zero-order valence-electron chi connectivity index (χ0n) is 11.2. The Morgan fingerprint density at radius 2 is 2.12 bits per heavy atom. The van der Waals surface area contributed by atoms with Crippen molar-refractivity contribution in [1.82, 2.24) is 4.90 Å². The molecule has 1 amide bonds. The topological polar surface area (TPSA) is 20.3 Å². The minimum absolute atomic E-state index is 0.431. The second kappa shape index (κ2) is 4.45. The number of carbonyl (C=O) groups excluding carboxylic acids is 1. The summed E-state index contributed by atoms with van der Waals surface area (Å²) in [7, 11) is 1.85. The van der Waals surface area contributed by atoms with Crippen LogP contribution in [0.5, 0.6) is 0 Å². The first-order valence-electron chi connectivity index (χ1n) is 6.18. The molecule has 1 aromatic heterocycles. The molecule has 0 N–H and O–H groups in total. The molecule has 0 aliphatic heterocycles. The number of rotatable bonds is 4. The lowest BCUT2D eigenvalue weighted by molar-refractivity contribution is -0.116. The van der Waals surface area contributed by atoms with E-state index in [1.54, 1.807) is 15.3 Å². The average Bonchev–Trinajstić information content (AvgIpc) is 2.66. The molecule has 0 spiro atoms. The number of hydrogen-bond acceptors (Lipinski definition) is 2. The predicted molar refractivity (Wildman–Crippen MR) is 72.6 cm³/mol. The highest BCUT2D eigenvalue weighted by atomic mass is 32.1. The first kappa shape index (κ1) is 12.6. The summed E-state index contributed by atoms with van der Waals surface area (Å²) in [5, 5.41) is 0. The van der Waals surface area contributed by atoms with Crippen LogP contribution in [0.4, 0.5) is 0 Å². The fraction of sp³-hybridized carbons (Fsp3) is 0.643. The van der Waals surface area contributed by atoms with Crippen LogP contribution in [0, 0.1) is 12.3 Å². The predicted octanol–water partition coefficient (Wildman–Crippen LogP) is 2.81. The summed E-state index contributed by atoms with van der Waals surface area (Å²) in [6.45, 7) is 7.73. The first-order valence-corrected chi connectivity index (χ1v) is 7.00. The van der Waals surface area contributed by atoms with E-state index in [-0.39, 0.29) is 0 Å². The van der Waals surface area contributed by atoms with E-state index in [9.17, 15) is 4.79 Å². The van der Waals surface area contributed by atoms with Gasteiger partial charge in [0.05, 0.1) is 0 Å². The average molecular weight is 251 g/mol. The number of thiophene rings is 1. The fourth-order valence-electron chi connectivity index (χ4n) is 2.68. The number of nitrogens with zero attached hydrogens (tertiary/aromatic N) is 1. The van der Waals surface area contributed by atoms with Gasteiger partial charge in [0.15, 0.2) is 0 Å². The molecule has 1 heterocycles. The summed E-state index contributed by atoms with van der Waals surface area (Å²) in [5.74, 6) is 0. The Balaban J connectivity index is 2.16. The molecule has 0 unspecified atom stereocenters. The van der Waals surface area contributed by atoms with Crippen LogP contribution >= 0.6 is 11.3 Å². The quantitative estimate of drug-likeness (QED) is 0.754. The van der Waals surface area contributed by atoms with Crippen molar-refractivity contribution in [3.63, 3.8) is 0 Å². The van der Waals surface area contributed by atoms with Gasteiger partial charge in [-0.3, -0.25) is 4.79 Å². The van der Waals surface area contributed by atoms with Crippen molar-refractivity contribution in [3.05, 3.63) is 20.9 Å². The molecular weight excluding hydrogens is 230 g/mol. The van der Waals surface area contributed by atoms with Crippen LogP contribution < -0.4 is 0 Å². The van der Waals surface area contributed by atoms with Crippen LogP contribution in [0.3, 0.4) is 0 Å². The minimum atomic E-state index is 0.431. The number of hydrogen-bond donors (Lipinski definition) is 0. The van der Waals surface area contributed by atoms with Gasteiger partial charge in [0.25, 0.3) is 0 Å². The Labute approximate surface area is 108 Å². The van der Waals surface area contributed by atoms with Crippen LogP contribution in [0.15, 0.2) is 0 Å². The monoisotopic (exact) mass is 251 g/mol. The second-order valence-electron chi connectivity index (χ2n) is 5.89. The fourth-order valence-corrected chi connectivity index (χ4v) is 4.18. The molecule has 0 atom stereocenters. The van der Waals surface area contributed by atoms with Gasteiger partial charge >= 0.3 is 0 Å². The zero-order valence-corrected chi connectivity index (χ0v) is 12.0. The molecule has 0 aromatic carbocycles. The molecule has 0 radical (unpaired) electrons. The van der Waals surface area contributed by atoms with Crippen molar-refractivity contribution in [2.75, 3.05) is 13.6 Å². The summed E-state index contributed by atoms with van der Waals surface area (Å²) < 4.78 is 0. The molecule has 2 rings (SSSR count). The van der Waals surface area contributed by atoms with Gasteiger partial charge in [-0.2, -0.15) is 0 Å². The molecule has 0 bridgehead atoms. The van der Waals surface area contributed by atoms with E-state index in [0.717, 1.165) is 19.4 Å². The van der Waals surface area contributed by atoms with E-state index in [1.807, 2.05) is 18.4 Å². The maximum atomic E-state index is 10.6. The number of amides is 1. The Morgan fingerprint density at radius 1 is 1.41 bits per heavy atom. The molecule has 17 heavy (non-hydrogen) atoms. The highest BCUT2D eigenvalue weighted by Gasteiger charge is 2.32. The molecule has 2 nitrogen and oxygen atoms in total. The maximum absolute atomic E-state index is 10.6. The first-order chi connectivity index (χ1) is 7.93. The number of aryl methyl sites for hydroxylation is 1. The van der Waals surface area contributed by atoms with Gasteiger partial charge in [-0.15, -0.1) is 11.3 Å². The van der Waals surface area contributed by atoms with Crippen molar-refractivity contribution in [1.29, 1.82) is 0 Å². The molecule has 1 aliphatic carbocycles. The Hall–Kier alpha value is -0.830. The van der Waals surface area contributed by atoms with Gasteiger partial charge in [0.1, 0.15) is 0 Å². The SMILES string of the molecule is Cc1sc2c(c1CCN(C)C=O)CC(C)(C)C2. The number of fused-ring (bicyclic) bond motifs is 1. The van der Waals surface area contributed by atoms with Gasteiger partial charge in [-0.1, -0.05) is 13.8 Å². The van der Waals surface area contributed by atoms with Crippen LogP contribution in [0.1, 0.15) is 34.7 Å². The van der Waals surface area contributed by atoms with Crippen molar-refractivity contribution in [3.8, 4) is 0 Å². The van der Waals surface area contributed by atoms with Crippen molar-refractivity contribution < 1.29 is 4.79 Å². The van der Waals surface area contributed by atoms with Gasteiger partial charge in [-0.05, 0) is 42.7 Å². The van der Waals surface area contributed by atoms with Crippen molar-refractivity contribution >= 4 is 17.7 Å².